The van der Waals surface area contributed by atoms with Gasteiger partial charge in [0.15, 0.2) is 5.11 Å². The maximum atomic E-state index is 8.49. The van der Waals surface area contributed by atoms with E-state index in [1.165, 1.54) is 0 Å². The fourth-order valence-electron chi connectivity index (χ4n) is 1.94. The molecular formula is C15H15ClN6S. The number of hydrogen-bond acceptors (Lipinski definition) is 3. The van der Waals surface area contributed by atoms with Crippen LogP contribution in [0.3, 0.4) is 0 Å². The Morgan fingerprint density at radius 2 is 1.83 bits per heavy atom. The summed E-state index contributed by atoms with van der Waals surface area (Å²) in [6.07, 6.45) is 0. The van der Waals surface area contributed by atoms with E-state index < -0.39 is 0 Å². The highest BCUT2D eigenvalue weighted by molar-refractivity contribution is 7.80. The van der Waals surface area contributed by atoms with E-state index in [0.29, 0.717) is 15.8 Å². The second-order valence-electron chi connectivity index (χ2n) is 4.82. The SMILES string of the molecule is CC(N=[N+]=[N-])c1ccc(NC(=S)Nc2ccc(N)cc2)cc1Cl. The first-order chi connectivity index (χ1) is 11.0. The zero-order valence-electron chi connectivity index (χ0n) is 12.3. The minimum atomic E-state index is -0.332. The first-order valence-corrected chi connectivity index (χ1v) is 7.55. The van der Waals surface area contributed by atoms with Gasteiger partial charge in [-0.3, -0.25) is 0 Å². The van der Waals surface area contributed by atoms with Crippen LogP contribution >= 0.6 is 23.8 Å². The summed E-state index contributed by atoms with van der Waals surface area (Å²) in [5.41, 5.74) is 17.1. The zero-order chi connectivity index (χ0) is 16.8. The number of benzene rings is 2. The molecule has 0 heterocycles. The normalized spacial score (nSPS) is 11.2. The lowest BCUT2D eigenvalue weighted by molar-refractivity contribution is 0.808. The molecule has 0 amide bonds. The number of thiocarbonyl (C=S) groups is 1. The van der Waals surface area contributed by atoms with E-state index >= 15 is 0 Å². The Balaban J connectivity index is 2.05. The Morgan fingerprint density at radius 3 is 2.43 bits per heavy atom. The average Bonchev–Trinajstić information content (AvgIpc) is 2.50. The van der Waals surface area contributed by atoms with Crippen LogP contribution in [0.15, 0.2) is 47.6 Å². The Hall–Kier alpha value is -2.47. The maximum Gasteiger partial charge on any atom is 0.175 e. The molecule has 0 bridgehead atoms. The Morgan fingerprint density at radius 1 is 1.22 bits per heavy atom. The van der Waals surface area contributed by atoms with Gasteiger partial charge in [-0.05, 0) is 59.7 Å². The van der Waals surface area contributed by atoms with Crippen LogP contribution in [0.4, 0.5) is 17.1 Å². The van der Waals surface area contributed by atoms with Crippen molar-refractivity contribution < 1.29 is 0 Å². The van der Waals surface area contributed by atoms with E-state index in [9.17, 15) is 0 Å². The smallest absolute Gasteiger partial charge is 0.175 e. The van der Waals surface area contributed by atoms with Crippen molar-refractivity contribution in [2.45, 2.75) is 13.0 Å². The number of anilines is 3. The molecule has 0 aromatic heterocycles. The van der Waals surface area contributed by atoms with Crippen molar-refractivity contribution in [2.24, 2.45) is 5.11 Å². The van der Waals surface area contributed by atoms with E-state index in [1.807, 2.05) is 18.2 Å². The number of azide groups is 1. The number of nitrogens with zero attached hydrogens (tertiary/aromatic N) is 3. The van der Waals surface area contributed by atoms with Crippen molar-refractivity contribution in [3.8, 4) is 0 Å². The Labute approximate surface area is 144 Å². The average molecular weight is 347 g/mol. The summed E-state index contributed by atoms with van der Waals surface area (Å²) in [7, 11) is 0. The molecule has 0 aliphatic rings. The molecule has 6 nitrogen and oxygen atoms in total. The highest BCUT2D eigenvalue weighted by Crippen LogP contribution is 2.28. The van der Waals surface area contributed by atoms with Crippen LogP contribution in [0.2, 0.25) is 5.02 Å². The molecule has 4 N–H and O–H groups in total. The minimum Gasteiger partial charge on any atom is -0.399 e. The third kappa shape index (κ3) is 4.75. The van der Waals surface area contributed by atoms with Gasteiger partial charge in [0.1, 0.15) is 0 Å². The number of nitrogen functional groups attached to an aromatic ring is 1. The fraction of sp³-hybridized carbons (Fsp3) is 0.133. The van der Waals surface area contributed by atoms with Crippen LogP contribution in [0, 0.1) is 0 Å². The van der Waals surface area contributed by atoms with Gasteiger partial charge in [0.25, 0.3) is 0 Å². The highest BCUT2D eigenvalue weighted by Gasteiger charge is 2.09. The molecule has 1 atom stereocenters. The molecule has 0 fully saturated rings. The zero-order valence-corrected chi connectivity index (χ0v) is 13.9. The number of nitrogens with two attached hydrogens (primary N) is 1. The number of hydrogen-bond donors (Lipinski definition) is 3. The lowest BCUT2D eigenvalue weighted by Crippen LogP contribution is -2.19. The van der Waals surface area contributed by atoms with Crippen molar-refractivity contribution in [1.82, 2.24) is 0 Å². The Bertz CT molecular complexity index is 755. The van der Waals surface area contributed by atoms with E-state index in [2.05, 4.69) is 20.7 Å². The van der Waals surface area contributed by atoms with E-state index in [0.717, 1.165) is 16.9 Å². The molecular weight excluding hydrogens is 332 g/mol. The third-order valence-corrected chi connectivity index (χ3v) is 3.63. The van der Waals surface area contributed by atoms with Gasteiger partial charge >= 0.3 is 0 Å². The fourth-order valence-corrected chi connectivity index (χ4v) is 2.52. The van der Waals surface area contributed by atoms with E-state index in [1.54, 1.807) is 31.2 Å². The first kappa shape index (κ1) is 16.9. The van der Waals surface area contributed by atoms with Gasteiger partial charge in [0.2, 0.25) is 0 Å². The van der Waals surface area contributed by atoms with E-state index in [4.69, 9.17) is 35.1 Å². The summed E-state index contributed by atoms with van der Waals surface area (Å²) in [6.45, 7) is 1.78. The highest BCUT2D eigenvalue weighted by atomic mass is 35.5. The summed E-state index contributed by atoms with van der Waals surface area (Å²) < 4.78 is 0. The van der Waals surface area contributed by atoms with Crippen molar-refractivity contribution in [3.05, 3.63) is 63.5 Å². The van der Waals surface area contributed by atoms with Gasteiger partial charge in [-0.25, -0.2) is 0 Å². The van der Waals surface area contributed by atoms with Crippen LogP contribution in [-0.2, 0) is 0 Å². The number of halogens is 1. The van der Waals surface area contributed by atoms with Crippen LogP contribution in [0.25, 0.3) is 10.4 Å². The monoisotopic (exact) mass is 346 g/mol. The number of nitrogens with one attached hydrogen (secondary N) is 2. The summed E-state index contributed by atoms with van der Waals surface area (Å²) in [5, 5.41) is 10.7. The van der Waals surface area contributed by atoms with Gasteiger partial charge in [-0.2, -0.15) is 0 Å². The maximum absolute atomic E-state index is 8.49. The first-order valence-electron chi connectivity index (χ1n) is 6.77. The summed E-state index contributed by atoms with van der Waals surface area (Å²) in [4.78, 5) is 2.79. The molecule has 2 aromatic carbocycles. The predicted octanol–water partition coefficient (Wildman–Crippen LogP) is 5.10. The summed E-state index contributed by atoms with van der Waals surface area (Å²) in [5.74, 6) is 0. The topological polar surface area (TPSA) is 98.8 Å². The molecule has 8 heteroatoms. The molecule has 0 aliphatic carbocycles. The van der Waals surface area contributed by atoms with Crippen LogP contribution < -0.4 is 16.4 Å². The summed E-state index contributed by atoms with van der Waals surface area (Å²) >= 11 is 11.5. The van der Waals surface area contributed by atoms with Gasteiger partial charge in [-0.15, -0.1) is 0 Å². The van der Waals surface area contributed by atoms with E-state index in [-0.39, 0.29) is 6.04 Å². The molecule has 0 spiro atoms. The van der Waals surface area contributed by atoms with Crippen molar-refractivity contribution >= 4 is 46.0 Å². The minimum absolute atomic E-state index is 0.332. The molecule has 23 heavy (non-hydrogen) atoms. The standard InChI is InChI=1S/C15H15ClN6S/c1-9(21-22-18)13-7-6-12(8-14(13)16)20-15(23)19-11-4-2-10(17)3-5-11/h2-9H,17H2,1H3,(H2,19,20,23). The second-order valence-corrected chi connectivity index (χ2v) is 5.63. The molecule has 0 saturated heterocycles. The molecule has 0 aliphatic heterocycles. The number of rotatable bonds is 4. The third-order valence-electron chi connectivity index (χ3n) is 3.10. The molecule has 2 rings (SSSR count). The van der Waals surface area contributed by atoms with Gasteiger partial charge in [0.05, 0.1) is 6.04 Å². The molecule has 2 aromatic rings. The molecule has 0 saturated carbocycles. The molecule has 0 radical (unpaired) electrons. The van der Waals surface area contributed by atoms with Gasteiger partial charge in [-0.1, -0.05) is 29.7 Å². The largest absolute Gasteiger partial charge is 0.399 e. The second kappa shape index (κ2) is 7.69. The van der Waals surface area contributed by atoms with Gasteiger partial charge in [0, 0.05) is 27.0 Å². The lowest BCUT2D eigenvalue weighted by atomic mass is 10.1. The van der Waals surface area contributed by atoms with Crippen molar-refractivity contribution in [1.29, 1.82) is 0 Å². The van der Waals surface area contributed by atoms with Crippen LogP contribution in [0.1, 0.15) is 18.5 Å². The molecule has 1 unspecified atom stereocenters. The molecule has 118 valence electrons. The predicted molar refractivity (Wildman–Crippen MR) is 99.7 cm³/mol. The quantitative estimate of drug-likeness (QED) is 0.236. The van der Waals surface area contributed by atoms with Crippen LogP contribution in [-0.4, -0.2) is 5.11 Å². The summed E-state index contributed by atoms with van der Waals surface area (Å²) in [6, 6.07) is 12.3. The van der Waals surface area contributed by atoms with Crippen LogP contribution in [0.5, 0.6) is 0 Å². The van der Waals surface area contributed by atoms with Gasteiger partial charge < -0.3 is 16.4 Å². The van der Waals surface area contributed by atoms with Crippen molar-refractivity contribution in [2.75, 3.05) is 16.4 Å². The van der Waals surface area contributed by atoms with Crippen molar-refractivity contribution in [3.63, 3.8) is 0 Å². The Kier molecular flexibility index (Phi) is 5.65. The lowest BCUT2D eigenvalue weighted by Gasteiger charge is -2.13.